The zero-order chi connectivity index (χ0) is 10.1. The summed E-state index contributed by atoms with van der Waals surface area (Å²) in [5.41, 5.74) is 2.35. The maximum Gasteiger partial charge on any atom is 0.0815 e. The Bertz CT molecular complexity index is 443. The minimum atomic E-state index is 0.610. The van der Waals surface area contributed by atoms with Crippen molar-refractivity contribution in [2.24, 2.45) is 0 Å². The fraction of sp³-hybridized carbons (Fsp3) is 0.417. The molecule has 2 heteroatoms. The molecule has 2 rings (SSSR count). The van der Waals surface area contributed by atoms with Crippen LogP contribution in [0.15, 0.2) is 18.2 Å². The van der Waals surface area contributed by atoms with Crippen LogP contribution in [0.25, 0.3) is 10.2 Å². The summed E-state index contributed by atoms with van der Waals surface area (Å²) >= 11 is 1.86. The van der Waals surface area contributed by atoms with Crippen LogP contribution in [-0.4, -0.2) is 4.98 Å². The van der Waals surface area contributed by atoms with Gasteiger partial charge in [0.2, 0.25) is 0 Å². The molecule has 0 aliphatic carbocycles. The van der Waals surface area contributed by atoms with Gasteiger partial charge < -0.3 is 0 Å². The lowest BCUT2D eigenvalue weighted by molar-refractivity contribution is 0.890. The highest BCUT2D eigenvalue weighted by atomic mass is 32.1. The molecule has 0 aliphatic rings. The van der Waals surface area contributed by atoms with E-state index in [4.69, 9.17) is 0 Å². The van der Waals surface area contributed by atoms with Gasteiger partial charge in [-0.25, -0.2) is 0 Å². The number of pyridine rings is 1. The summed E-state index contributed by atoms with van der Waals surface area (Å²) in [5.74, 6) is 0.610. The number of nitrogens with zero attached hydrogens (tertiary/aromatic N) is 1. The van der Waals surface area contributed by atoms with E-state index in [1.807, 2.05) is 11.3 Å². The van der Waals surface area contributed by atoms with Gasteiger partial charge in [0, 0.05) is 10.6 Å². The van der Waals surface area contributed by atoms with E-state index in [0.29, 0.717) is 5.92 Å². The quantitative estimate of drug-likeness (QED) is 0.722. The van der Waals surface area contributed by atoms with Gasteiger partial charge in [0.1, 0.15) is 0 Å². The fourth-order valence-electron chi connectivity index (χ4n) is 1.47. The highest BCUT2D eigenvalue weighted by Gasteiger charge is 2.06. The van der Waals surface area contributed by atoms with Crippen molar-refractivity contribution < 1.29 is 0 Å². The van der Waals surface area contributed by atoms with Crippen molar-refractivity contribution in [3.63, 3.8) is 0 Å². The monoisotopic (exact) mass is 205 g/mol. The molecule has 2 aromatic rings. The summed E-state index contributed by atoms with van der Waals surface area (Å²) in [4.78, 5) is 6.04. The van der Waals surface area contributed by atoms with E-state index in [2.05, 4.69) is 44.0 Å². The van der Waals surface area contributed by atoms with Crippen LogP contribution in [0.4, 0.5) is 0 Å². The Morgan fingerprint density at radius 1 is 1.36 bits per heavy atom. The number of aromatic nitrogens is 1. The molecule has 0 amide bonds. The van der Waals surface area contributed by atoms with Crippen molar-refractivity contribution in [2.45, 2.75) is 33.1 Å². The predicted molar refractivity (Wildman–Crippen MR) is 63.1 cm³/mol. The third kappa shape index (κ3) is 1.67. The molecule has 0 aliphatic heterocycles. The molecule has 0 saturated carbocycles. The second kappa shape index (κ2) is 3.70. The van der Waals surface area contributed by atoms with Crippen LogP contribution in [0.5, 0.6) is 0 Å². The molecule has 0 fully saturated rings. The second-order valence-corrected chi connectivity index (χ2v) is 4.96. The molecule has 0 bridgehead atoms. The van der Waals surface area contributed by atoms with E-state index in [0.717, 1.165) is 11.9 Å². The Hall–Kier alpha value is -0.890. The first-order chi connectivity index (χ1) is 6.70. The fourth-order valence-corrected chi connectivity index (χ4v) is 2.47. The number of thiophene rings is 1. The van der Waals surface area contributed by atoms with Gasteiger partial charge in [0.25, 0.3) is 0 Å². The highest BCUT2D eigenvalue weighted by molar-refractivity contribution is 7.19. The zero-order valence-electron chi connectivity index (χ0n) is 8.87. The van der Waals surface area contributed by atoms with Crippen LogP contribution in [-0.2, 0) is 6.42 Å². The molecule has 0 aromatic carbocycles. The molecular weight excluding hydrogens is 190 g/mol. The summed E-state index contributed by atoms with van der Waals surface area (Å²) in [5, 5.41) is 0. The van der Waals surface area contributed by atoms with Gasteiger partial charge in [-0.3, -0.25) is 4.98 Å². The van der Waals surface area contributed by atoms with E-state index < -0.39 is 0 Å². The van der Waals surface area contributed by atoms with Gasteiger partial charge in [0.15, 0.2) is 0 Å². The third-order valence-corrected chi connectivity index (χ3v) is 3.77. The maximum atomic E-state index is 4.61. The topological polar surface area (TPSA) is 12.9 Å². The normalized spacial score (nSPS) is 11.4. The molecular formula is C12H15NS. The number of rotatable bonds is 2. The van der Waals surface area contributed by atoms with Gasteiger partial charge in [-0.05, 0) is 30.5 Å². The van der Waals surface area contributed by atoms with Gasteiger partial charge in [0.05, 0.1) is 10.2 Å². The number of hydrogen-bond donors (Lipinski definition) is 0. The van der Waals surface area contributed by atoms with Crippen LogP contribution in [0.1, 0.15) is 37.3 Å². The maximum absolute atomic E-state index is 4.61. The molecule has 0 spiro atoms. The largest absolute Gasteiger partial charge is 0.252 e. The first kappa shape index (κ1) is 9.66. The van der Waals surface area contributed by atoms with E-state index in [1.54, 1.807) is 0 Å². The zero-order valence-corrected chi connectivity index (χ0v) is 9.69. The molecule has 0 radical (unpaired) electrons. The van der Waals surface area contributed by atoms with E-state index >= 15 is 0 Å². The summed E-state index contributed by atoms with van der Waals surface area (Å²) in [7, 11) is 0. The van der Waals surface area contributed by atoms with E-state index in [1.165, 1.54) is 15.3 Å². The van der Waals surface area contributed by atoms with Crippen molar-refractivity contribution in [3.05, 3.63) is 28.8 Å². The molecule has 2 heterocycles. The molecule has 14 heavy (non-hydrogen) atoms. The number of fused-ring (bicyclic) bond motifs is 1. The van der Waals surface area contributed by atoms with Crippen LogP contribution in [0, 0.1) is 0 Å². The predicted octanol–water partition coefficient (Wildman–Crippen LogP) is 3.98. The molecule has 0 unspecified atom stereocenters. The van der Waals surface area contributed by atoms with Gasteiger partial charge in [-0.1, -0.05) is 20.8 Å². The summed E-state index contributed by atoms with van der Waals surface area (Å²) < 4.78 is 1.31. The summed E-state index contributed by atoms with van der Waals surface area (Å²) in [6.07, 6.45) is 1.02. The number of hydrogen-bond acceptors (Lipinski definition) is 2. The summed E-state index contributed by atoms with van der Waals surface area (Å²) in [6.45, 7) is 6.60. The molecule has 0 N–H and O–H groups in total. The second-order valence-electron chi connectivity index (χ2n) is 3.84. The molecule has 74 valence electrons. The van der Waals surface area contributed by atoms with Crippen molar-refractivity contribution in [1.82, 2.24) is 4.98 Å². The Labute approximate surface area is 88.8 Å². The minimum Gasteiger partial charge on any atom is -0.252 e. The van der Waals surface area contributed by atoms with Crippen molar-refractivity contribution in [3.8, 4) is 0 Å². The number of aryl methyl sites for hydroxylation is 1. The van der Waals surface area contributed by atoms with E-state index in [9.17, 15) is 0 Å². The molecule has 2 aromatic heterocycles. The lowest BCUT2D eigenvalue weighted by Gasteiger charge is -1.95. The van der Waals surface area contributed by atoms with Crippen molar-refractivity contribution in [1.29, 1.82) is 0 Å². The van der Waals surface area contributed by atoms with Gasteiger partial charge in [-0.2, -0.15) is 0 Å². The Morgan fingerprint density at radius 3 is 2.79 bits per heavy atom. The van der Waals surface area contributed by atoms with Crippen molar-refractivity contribution in [2.75, 3.05) is 0 Å². The first-order valence-corrected chi connectivity index (χ1v) is 5.91. The highest BCUT2D eigenvalue weighted by Crippen LogP contribution is 2.29. The van der Waals surface area contributed by atoms with Crippen LogP contribution < -0.4 is 0 Å². The van der Waals surface area contributed by atoms with Gasteiger partial charge in [-0.15, -0.1) is 11.3 Å². The third-order valence-electron chi connectivity index (χ3n) is 2.38. The lowest BCUT2D eigenvalue weighted by Crippen LogP contribution is -1.84. The summed E-state index contributed by atoms with van der Waals surface area (Å²) in [6, 6.07) is 6.55. The SMILES string of the molecule is CCc1ccc2sc(C(C)C)cc2n1. The molecule has 0 atom stereocenters. The van der Waals surface area contributed by atoms with E-state index in [-0.39, 0.29) is 0 Å². The Balaban J connectivity index is 2.54. The van der Waals surface area contributed by atoms with Crippen LogP contribution >= 0.6 is 11.3 Å². The molecule has 1 nitrogen and oxygen atoms in total. The Kier molecular flexibility index (Phi) is 2.55. The van der Waals surface area contributed by atoms with Gasteiger partial charge >= 0.3 is 0 Å². The Morgan fingerprint density at radius 2 is 2.14 bits per heavy atom. The first-order valence-electron chi connectivity index (χ1n) is 5.10. The minimum absolute atomic E-state index is 0.610. The smallest absolute Gasteiger partial charge is 0.0815 e. The standard InChI is InChI=1S/C12H15NS/c1-4-9-5-6-11-10(13-9)7-12(14-11)8(2)3/h5-8H,4H2,1-3H3. The van der Waals surface area contributed by atoms with Crippen molar-refractivity contribution >= 4 is 21.6 Å². The average Bonchev–Trinajstić information content (AvgIpc) is 2.59. The average molecular weight is 205 g/mol. The molecule has 0 saturated heterocycles. The lowest BCUT2D eigenvalue weighted by atomic mass is 10.2. The van der Waals surface area contributed by atoms with Crippen LogP contribution in [0.3, 0.4) is 0 Å². The van der Waals surface area contributed by atoms with Crippen LogP contribution in [0.2, 0.25) is 0 Å².